The molecular formula is C13H16N2O. The third kappa shape index (κ3) is 3.35. The highest BCUT2D eigenvalue weighted by atomic mass is 16.1. The fraction of sp³-hybridized carbons (Fsp3) is 0.231. The highest BCUT2D eigenvalue weighted by molar-refractivity contribution is 5.74. The molecule has 2 rings (SSSR count). The quantitative estimate of drug-likeness (QED) is 0.739. The second-order valence-corrected chi connectivity index (χ2v) is 3.09. The Morgan fingerprint density at radius 2 is 1.94 bits per heavy atom. The Kier molecular flexibility index (Phi) is 4.99. The van der Waals surface area contributed by atoms with Gasteiger partial charge in [0.15, 0.2) is 0 Å². The Morgan fingerprint density at radius 3 is 2.44 bits per heavy atom. The first-order valence-electron chi connectivity index (χ1n) is 5.38. The minimum atomic E-state index is 0.708. The Hall–Kier alpha value is -1.90. The zero-order valence-electron chi connectivity index (χ0n) is 9.63. The van der Waals surface area contributed by atoms with Gasteiger partial charge in [-0.15, -0.1) is 0 Å². The number of nitrogens with zero attached hydrogens (tertiary/aromatic N) is 2. The number of hydrogen-bond acceptors (Lipinski definition) is 2. The molecule has 0 unspecified atom stereocenters. The van der Waals surface area contributed by atoms with Crippen molar-refractivity contribution in [3.05, 3.63) is 54.1 Å². The Bertz CT molecular complexity index is 404. The maximum Gasteiger partial charge on any atom is 0.150 e. The topological polar surface area (TPSA) is 34.9 Å². The number of aromatic nitrogens is 2. The molecular weight excluding hydrogens is 200 g/mol. The standard InChI is InChI=1S/C11H10N2O.C2H6/c14-8-11-3-1-10(2-4-11)7-13-6-5-12-9-13;1-2/h1-6,8-9H,7H2;1-2H3. The number of aldehydes is 1. The molecule has 0 aliphatic heterocycles. The number of imidazole rings is 1. The molecule has 0 fully saturated rings. The van der Waals surface area contributed by atoms with Crippen LogP contribution in [-0.2, 0) is 6.54 Å². The molecule has 3 heteroatoms. The van der Waals surface area contributed by atoms with Crippen molar-refractivity contribution in [2.24, 2.45) is 0 Å². The minimum Gasteiger partial charge on any atom is -0.333 e. The lowest BCUT2D eigenvalue weighted by molar-refractivity contribution is 0.112. The lowest BCUT2D eigenvalue weighted by Gasteiger charge is -2.01. The van der Waals surface area contributed by atoms with Gasteiger partial charge in [-0.2, -0.15) is 0 Å². The van der Waals surface area contributed by atoms with Crippen LogP contribution in [0.1, 0.15) is 29.8 Å². The minimum absolute atomic E-state index is 0.708. The predicted octanol–water partition coefficient (Wildman–Crippen LogP) is 2.77. The van der Waals surface area contributed by atoms with Gasteiger partial charge in [0, 0.05) is 24.5 Å². The first-order chi connectivity index (χ1) is 7.88. The van der Waals surface area contributed by atoms with Gasteiger partial charge in [-0.05, 0) is 5.56 Å². The molecule has 0 amide bonds. The molecule has 1 aromatic heterocycles. The molecule has 3 nitrogen and oxygen atoms in total. The molecule has 0 spiro atoms. The molecule has 0 atom stereocenters. The maximum absolute atomic E-state index is 10.4. The van der Waals surface area contributed by atoms with Crippen molar-refractivity contribution in [3.63, 3.8) is 0 Å². The van der Waals surface area contributed by atoms with E-state index in [2.05, 4.69) is 4.98 Å². The highest BCUT2D eigenvalue weighted by Gasteiger charge is 1.94. The second-order valence-electron chi connectivity index (χ2n) is 3.09. The molecule has 16 heavy (non-hydrogen) atoms. The zero-order valence-corrected chi connectivity index (χ0v) is 9.63. The van der Waals surface area contributed by atoms with Crippen LogP contribution in [0.2, 0.25) is 0 Å². The molecule has 1 heterocycles. The molecule has 2 aromatic rings. The average molecular weight is 216 g/mol. The van der Waals surface area contributed by atoms with E-state index in [0.717, 1.165) is 18.4 Å². The fourth-order valence-corrected chi connectivity index (χ4v) is 1.29. The smallest absolute Gasteiger partial charge is 0.150 e. The SMILES string of the molecule is CC.O=Cc1ccc(Cn2ccnc2)cc1. The summed E-state index contributed by atoms with van der Waals surface area (Å²) in [5.41, 5.74) is 1.87. The van der Waals surface area contributed by atoms with Crippen molar-refractivity contribution in [1.82, 2.24) is 9.55 Å². The Labute approximate surface area is 95.8 Å². The van der Waals surface area contributed by atoms with Crippen LogP contribution < -0.4 is 0 Å². The Morgan fingerprint density at radius 1 is 1.25 bits per heavy atom. The molecule has 84 valence electrons. The van der Waals surface area contributed by atoms with E-state index in [9.17, 15) is 4.79 Å². The van der Waals surface area contributed by atoms with Crippen LogP contribution >= 0.6 is 0 Å². The van der Waals surface area contributed by atoms with Crippen LogP contribution in [0.4, 0.5) is 0 Å². The lowest BCUT2D eigenvalue weighted by Crippen LogP contribution is -1.96. The van der Waals surface area contributed by atoms with Crippen molar-refractivity contribution in [1.29, 1.82) is 0 Å². The van der Waals surface area contributed by atoms with E-state index < -0.39 is 0 Å². The van der Waals surface area contributed by atoms with Gasteiger partial charge in [0.05, 0.1) is 6.33 Å². The number of carbonyl (C=O) groups excluding carboxylic acids is 1. The van der Waals surface area contributed by atoms with Gasteiger partial charge in [-0.1, -0.05) is 38.1 Å². The number of rotatable bonds is 3. The van der Waals surface area contributed by atoms with E-state index in [1.165, 1.54) is 0 Å². The number of benzene rings is 1. The van der Waals surface area contributed by atoms with Gasteiger partial charge in [-0.3, -0.25) is 4.79 Å². The van der Waals surface area contributed by atoms with E-state index in [1.807, 2.05) is 48.9 Å². The van der Waals surface area contributed by atoms with Crippen molar-refractivity contribution >= 4 is 6.29 Å². The summed E-state index contributed by atoms with van der Waals surface area (Å²) in [4.78, 5) is 14.4. The van der Waals surface area contributed by atoms with Gasteiger partial charge >= 0.3 is 0 Å². The van der Waals surface area contributed by atoms with Crippen LogP contribution in [-0.4, -0.2) is 15.8 Å². The van der Waals surface area contributed by atoms with E-state index in [0.29, 0.717) is 5.56 Å². The van der Waals surface area contributed by atoms with Crippen molar-refractivity contribution in [2.45, 2.75) is 20.4 Å². The first-order valence-corrected chi connectivity index (χ1v) is 5.38. The molecule has 0 saturated heterocycles. The van der Waals surface area contributed by atoms with Crippen LogP contribution in [0.25, 0.3) is 0 Å². The maximum atomic E-state index is 10.4. The van der Waals surface area contributed by atoms with Gasteiger partial charge in [0.1, 0.15) is 6.29 Å². The van der Waals surface area contributed by atoms with Gasteiger partial charge in [0.25, 0.3) is 0 Å². The monoisotopic (exact) mass is 216 g/mol. The third-order valence-electron chi connectivity index (χ3n) is 2.04. The largest absolute Gasteiger partial charge is 0.333 e. The summed E-state index contributed by atoms with van der Waals surface area (Å²) in [6, 6.07) is 7.53. The molecule has 1 aromatic carbocycles. The number of carbonyl (C=O) groups is 1. The molecule has 0 aliphatic carbocycles. The lowest BCUT2D eigenvalue weighted by atomic mass is 10.1. The summed E-state index contributed by atoms with van der Waals surface area (Å²) in [5, 5.41) is 0. The molecule has 0 bridgehead atoms. The molecule has 0 aliphatic rings. The molecule has 0 saturated carbocycles. The van der Waals surface area contributed by atoms with Gasteiger partial charge < -0.3 is 4.57 Å². The summed E-state index contributed by atoms with van der Waals surface area (Å²) in [6.45, 7) is 4.79. The summed E-state index contributed by atoms with van der Waals surface area (Å²) in [6.07, 6.45) is 6.28. The van der Waals surface area contributed by atoms with E-state index in [1.54, 1.807) is 12.5 Å². The summed E-state index contributed by atoms with van der Waals surface area (Å²) < 4.78 is 1.98. The van der Waals surface area contributed by atoms with Crippen molar-refractivity contribution < 1.29 is 4.79 Å². The average Bonchev–Trinajstić information content (AvgIpc) is 2.86. The number of hydrogen-bond donors (Lipinski definition) is 0. The van der Waals surface area contributed by atoms with Crippen LogP contribution in [0.15, 0.2) is 43.0 Å². The fourth-order valence-electron chi connectivity index (χ4n) is 1.29. The second kappa shape index (κ2) is 6.56. The normalized spacial score (nSPS) is 9.12. The van der Waals surface area contributed by atoms with Gasteiger partial charge in [0.2, 0.25) is 0 Å². The van der Waals surface area contributed by atoms with Crippen LogP contribution in [0.5, 0.6) is 0 Å². The zero-order chi connectivity index (χ0) is 11.8. The van der Waals surface area contributed by atoms with E-state index in [4.69, 9.17) is 0 Å². The van der Waals surface area contributed by atoms with Gasteiger partial charge in [-0.25, -0.2) is 4.98 Å². The van der Waals surface area contributed by atoms with Crippen LogP contribution in [0.3, 0.4) is 0 Å². The van der Waals surface area contributed by atoms with Crippen molar-refractivity contribution in [2.75, 3.05) is 0 Å². The summed E-state index contributed by atoms with van der Waals surface area (Å²) in [5.74, 6) is 0. The summed E-state index contributed by atoms with van der Waals surface area (Å²) >= 11 is 0. The van der Waals surface area contributed by atoms with Crippen molar-refractivity contribution in [3.8, 4) is 0 Å². The summed E-state index contributed by atoms with van der Waals surface area (Å²) in [7, 11) is 0. The highest BCUT2D eigenvalue weighted by Crippen LogP contribution is 2.04. The predicted molar refractivity (Wildman–Crippen MR) is 64.5 cm³/mol. The first kappa shape index (κ1) is 12.2. The Balaban J connectivity index is 0.000000606. The third-order valence-corrected chi connectivity index (χ3v) is 2.04. The van der Waals surface area contributed by atoms with E-state index in [-0.39, 0.29) is 0 Å². The van der Waals surface area contributed by atoms with E-state index >= 15 is 0 Å². The molecule has 0 radical (unpaired) electrons. The molecule has 0 N–H and O–H groups in total. The van der Waals surface area contributed by atoms with Crippen LogP contribution in [0, 0.1) is 0 Å².